The zero-order chi connectivity index (χ0) is 9.10. The van der Waals surface area contributed by atoms with Crippen LogP contribution in [0.4, 0.5) is 5.69 Å². The normalized spacial score (nSPS) is 13.9. The molecule has 0 spiro atoms. The summed E-state index contributed by atoms with van der Waals surface area (Å²) >= 11 is 0. The van der Waals surface area contributed by atoms with Crippen LogP contribution in [0.25, 0.3) is 0 Å². The van der Waals surface area contributed by atoms with Crippen LogP contribution < -0.4 is 5.32 Å². The van der Waals surface area contributed by atoms with Crippen molar-refractivity contribution in [1.82, 2.24) is 5.32 Å². The number of nitriles is 1. The molecule has 3 heteroatoms. The van der Waals surface area contributed by atoms with Crippen molar-refractivity contribution in [3.05, 3.63) is 29.8 Å². The molecule has 0 unspecified atom stereocenters. The average molecular weight is 171 g/mol. The molecule has 0 bridgehead atoms. The monoisotopic (exact) mass is 171 g/mol. The first kappa shape index (κ1) is 7.81. The third-order valence-electron chi connectivity index (χ3n) is 2.08. The Balaban J connectivity index is 2.34. The second kappa shape index (κ2) is 3.28. The zero-order valence-corrected chi connectivity index (χ0v) is 7.12. The predicted molar refractivity (Wildman–Crippen MR) is 50.6 cm³/mol. The smallest absolute Gasteiger partial charge is 0.182 e. The Bertz CT molecular complexity index is 387. The first-order chi connectivity index (χ1) is 6.40. The Morgan fingerprint density at radius 1 is 1.31 bits per heavy atom. The van der Waals surface area contributed by atoms with Crippen LogP contribution in [0.5, 0.6) is 0 Å². The van der Waals surface area contributed by atoms with Gasteiger partial charge in [0.1, 0.15) is 5.84 Å². The summed E-state index contributed by atoms with van der Waals surface area (Å²) in [6, 6.07) is 8.00. The van der Waals surface area contributed by atoms with E-state index in [9.17, 15) is 0 Å². The molecule has 3 nitrogen and oxygen atoms in total. The van der Waals surface area contributed by atoms with Gasteiger partial charge in [0.15, 0.2) is 6.19 Å². The van der Waals surface area contributed by atoms with Crippen LogP contribution in [0.2, 0.25) is 0 Å². The number of aliphatic imine (C=N–C) groups is 1. The van der Waals surface area contributed by atoms with Crippen molar-refractivity contribution in [2.24, 2.45) is 4.99 Å². The van der Waals surface area contributed by atoms with Gasteiger partial charge in [0.05, 0.1) is 5.69 Å². The highest BCUT2D eigenvalue weighted by atomic mass is 15.0. The van der Waals surface area contributed by atoms with E-state index < -0.39 is 0 Å². The van der Waals surface area contributed by atoms with Gasteiger partial charge in [-0.1, -0.05) is 18.2 Å². The van der Waals surface area contributed by atoms with E-state index >= 15 is 0 Å². The molecule has 0 aromatic heterocycles. The van der Waals surface area contributed by atoms with Crippen LogP contribution >= 0.6 is 0 Å². The van der Waals surface area contributed by atoms with Crippen LogP contribution in [-0.2, 0) is 6.42 Å². The molecule has 13 heavy (non-hydrogen) atoms. The lowest BCUT2D eigenvalue weighted by atomic mass is 10.0. The number of hydrogen-bond donors (Lipinski definition) is 1. The predicted octanol–water partition coefficient (Wildman–Crippen LogP) is 1.73. The summed E-state index contributed by atoms with van der Waals surface area (Å²) in [5, 5.41) is 11.0. The molecule has 0 amide bonds. The van der Waals surface area contributed by atoms with Gasteiger partial charge in [-0.05, 0) is 18.1 Å². The minimum atomic E-state index is 0.765. The second-order valence-electron chi connectivity index (χ2n) is 2.92. The third-order valence-corrected chi connectivity index (χ3v) is 2.08. The van der Waals surface area contributed by atoms with Crippen molar-refractivity contribution < 1.29 is 0 Å². The maximum Gasteiger partial charge on any atom is 0.182 e. The second-order valence-corrected chi connectivity index (χ2v) is 2.92. The first-order valence-corrected chi connectivity index (χ1v) is 4.21. The van der Waals surface area contributed by atoms with Gasteiger partial charge in [-0.25, -0.2) is 4.99 Å². The molecule has 2 rings (SSSR count). The Kier molecular flexibility index (Phi) is 1.97. The summed E-state index contributed by atoms with van der Waals surface area (Å²) in [5.41, 5.74) is 2.23. The van der Waals surface area contributed by atoms with Gasteiger partial charge < -0.3 is 0 Å². The van der Waals surface area contributed by atoms with Gasteiger partial charge in [0.2, 0.25) is 0 Å². The summed E-state index contributed by atoms with van der Waals surface area (Å²) in [7, 11) is 0. The van der Waals surface area contributed by atoms with E-state index in [1.807, 2.05) is 24.4 Å². The molecule has 1 aliphatic rings. The molecular formula is C10H9N3. The largest absolute Gasteiger partial charge is 0.280 e. The Hall–Kier alpha value is -1.82. The van der Waals surface area contributed by atoms with E-state index in [1.165, 1.54) is 5.56 Å². The average Bonchev–Trinajstić information content (AvgIpc) is 2.18. The molecule has 1 N–H and O–H groups in total. The van der Waals surface area contributed by atoms with Crippen molar-refractivity contribution in [2.75, 3.05) is 0 Å². The summed E-state index contributed by atoms with van der Waals surface area (Å²) in [6.45, 7) is 0. The SMILES string of the molecule is N#CNC1=Nc2ccccc2CC1. The molecule has 0 saturated heterocycles. The number of aryl methyl sites for hydroxylation is 1. The van der Waals surface area contributed by atoms with Crippen LogP contribution in [0.15, 0.2) is 29.3 Å². The number of nitrogens with zero attached hydrogens (tertiary/aromatic N) is 2. The van der Waals surface area contributed by atoms with E-state index in [2.05, 4.69) is 16.4 Å². The van der Waals surface area contributed by atoms with Gasteiger partial charge in [-0.2, -0.15) is 5.26 Å². The number of fused-ring (bicyclic) bond motifs is 1. The van der Waals surface area contributed by atoms with Gasteiger partial charge in [-0.15, -0.1) is 0 Å². The molecule has 0 radical (unpaired) electrons. The zero-order valence-electron chi connectivity index (χ0n) is 7.12. The minimum Gasteiger partial charge on any atom is -0.280 e. The highest BCUT2D eigenvalue weighted by Crippen LogP contribution is 2.24. The topological polar surface area (TPSA) is 48.2 Å². The quantitative estimate of drug-likeness (QED) is 0.477. The van der Waals surface area contributed by atoms with Crippen molar-refractivity contribution in [1.29, 1.82) is 5.26 Å². The van der Waals surface area contributed by atoms with Gasteiger partial charge in [-0.3, -0.25) is 5.32 Å². The van der Waals surface area contributed by atoms with E-state index in [0.29, 0.717) is 0 Å². The van der Waals surface area contributed by atoms with E-state index in [4.69, 9.17) is 5.26 Å². The van der Waals surface area contributed by atoms with Gasteiger partial charge >= 0.3 is 0 Å². The molecule has 0 saturated carbocycles. The van der Waals surface area contributed by atoms with Crippen molar-refractivity contribution in [3.63, 3.8) is 0 Å². The molecule has 0 fully saturated rings. The molecule has 1 aliphatic heterocycles. The van der Waals surface area contributed by atoms with Crippen molar-refractivity contribution >= 4 is 11.5 Å². The van der Waals surface area contributed by atoms with Crippen LogP contribution in [0, 0.1) is 11.5 Å². The lowest BCUT2D eigenvalue weighted by Crippen LogP contribution is -2.20. The lowest BCUT2D eigenvalue weighted by molar-refractivity contribution is 0.968. The number of hydrogen-bond acceptors (Lipinski definition) is 3. The molecular weight excluding hydrogens is 162 g/mol. The number of para-hydroxylation sites is 1. The number of amidine groups is 1. The van der Waals surface area contributed by atoms with Gasteiger partial charge in [0, 0.05) is 6.42 Å². The minimum absolute atomic E-state index is 0.765. The molecule has 1 aromatic carbocycles. The fraction of sp³-hybridized carbons (Fsp3) is 0.200. The highest BCUT2D eigenvalue weighted by Gasteiger charge is 2.09. The van der Waals surface area contributed by atoms with Crippen LogP contribution in [0.1, 0.15) is 12.0 Å². The number of benzene rings is 1. The van der Waals surface area contributed by atoms with E-state index in [0.717, 1.165) is 24.4 Å². The molecule has 0 aliphatic carbocycles. The Labute approximate surface area is 76.7 Å². The molecule has 0 atom stereocenters. The van der Waals surface area contributed by atoms with Crippen molar-refractivity contribution in [3.8, 4) is 6.19 Å². The van der Waals surface area contributed by atoms with E-state index in [-0.39, 0.29) is 0 Å². The standard InChI is InChI=1S/C10H9N3/c11-7-12-10-6-5-8-3-1-2-4-9(8)13-10/h1-4H,5-6H2,(H,12,13). The summed E-state index contributed by atoms with van der Waals surface area (Å²) in [6.07, 6.45) is 3.67. The fourth-order valence-corrected chi connectivity index (χ4v) is 1.44. The maximum absolute atomic E-state index is 8.42. The first-order valence-electron chi connectivity index (χ1n) is 4.21. The van der Waals surface area contributed by atoms with Crippen LogP contribution in [0.3, 0.4) is 0 Å². The Morgan fingerprint density at radius 3 is 3.00 bits per heavy atom. The number of nitrogens with one attached hydrogen (secondary N) is 1. The van der Waals surface area contributed by atoms with Crippen LogP contribution in [-0.4, -0.2) is 5.84 Å². The highest BCUT2D eigenvalue weighted by molar-refractivity contribution is 5.88. The van der Waals surface area contributed by atoms with Crippen molar-refractivity contribution in [2.45, 2.75) is 12.8 Å². The molecule has 1 aromatic rings. The lowest BCUT2D eigenvalue weighted by Gasteiger charge is -2.13. The molecule has 1 heterocycles. The fourth-order valence-electron chi connectivity index (χ4n) is 1.44. The van der Waals surface area contributed by atoms with Gasteiger partial charge in [0.25, 0.3) is 0 Å². The van der Waals surface area contributed by atoms with E-state index in [1.54, 1.807) is 0 Å². The Morgan fingerprint density at radius 2 is 2.15 bits per heavy atom. The number of rotatable bonds is 0. The molecule has 64 valence electrons. The summed E-state index contributed by atoms with van der Waals surface area (Å²) in [5.74, 6) is 0.765. The third kappa shape index (κ3) is 1.52. The maximum atomic E-state index is 8.42. The summed E-state index contributed by atoms with van der Waals surface area (Å²) in [4.78, 5) is 4.32. The summed E-state index contributed by atoms with van der Waals surface area (Å²) < 4.78 is 0.